The summed E-state index contributed by atoms with van der Waals surface area (Å²) in [6.07, 6.45) is 18.2. The standard InChI is InChI=1S/C103H163N6O33PS5/c1-74(89(114)64-80(99(125)126)27-19-21-45-105-94(118)67-138-60-56-134-50-26-30-85(113)66-137-59-57-135-53-47-107-92(116)44-37-81(100(127)128)63-84(112)28-17-13-9-5-7-11-15-23-51-141-86-39-33-78(34-40-86)97(121)122)71-146-148-73-82(65-90(115)75(2)70-145-147-72-76(3)103(132)144)102(131)143(104)91(77(4)110)31-20-22-46-106-95(119)68-140-62-58-136-54-48-108-96(120)69-139-61-55-133-49-25-29-83(111)38-43-88(101(129)130)109-93(117)32-18-14-10-6-8-12-16-24-52-142-87-41-35-79(36-42-87)98(123)124/h33-36,39-42,74-76,80-82,88,91H,5-32,37-38,43-73,104H2,1-4H3,(H,105,118)(H,106,119)(H,107,116)(H,108,120)(H,109,117)(H,121,122)(H,123,124)(H,125,126)(H,127,128)(H,129,130)(H,132,144)/t74-,75-,76-,80+,81+,82-,88-,91-,143?/m0/s1. The summed E-state index contributed by atoms with van der Waals surface area (Å²) in [5.74, 6) is -10.1. The second kappa shape index (κ2) is 88.4. The number of ether oxygens (including phenoxy) is 10. The second-order valence-electron chi connectivity index (χ2n) is 36.3. The fraction of sp³-hybridized carbons (Fsp3) is 0.709. The lowest BCUT2D eigenvalue weighted by Crippen LogP contribution is -2.41. The summed E-state index contributed by atoms with van der Waals surface area (Å²) in [6, 6.07) is 11.4. The van der Waals surface area contributed by atoms with Gasteiger partial charge >= 0.3 is 29.8 Å². The summed E-state index contributed by atoms with van der Waals surface area (Å²) in [4.78, 5) is 224. The van der Waals surface area contributed by atoms with E-state index in [1.54, 1.807) is 45.0 Å². The molecule has 1 unspecified atom stereocenters. The van der Waals surface area contributed by atoms with E-state index >= 15 is 0 Å². The Bertz CT molecular complexity index is 4190. The Kier molecular flexibility index (Phi) is 81.2. The summed E-state index contributed by atoms with van der Waals surface area (Å²) < 4.78 is 54.9. The van der Waals surface area contributed by atoms with Crippen LogP contribution in [0.15, 0.2) is 48.5 Å². The van der Waals surface area contributed by atoms with Crippen molar-refractivity contribution in [2.24, 2.45) is 41.0 Å². The van der Waals surface area contributed by atoms with E-state index in [0.29, 0.717) is 94.0 Å². The summed E-state index contributed by atoms with van der Waals surface area (Å²) in [6.45, 7) is 9.61. The van der Waals surface area contributed by atoms with Gasteiger partial charge in [0, 0.05) is 152 Å². The number of amides is 5. The SMILES string of the molecule is CC(=O)[C@H](CCCCNC(=O)COCCOCCNC(=O)COCCOCCCC(=O)CC[C@H](NC(=O)CCCCCCCCCCOc1ccc(C(=O)O)cc1)C(=O)O)P(N)C(=O)[C@H](CSSC[C@H](C)C(=O)C[C@@H](CCCCNC(=O)COCCOCCCC(=O)COCCOCCNC(=O)CC[C@H](CC(=O)CCCCCCCCCCOc1ccc(C(=O)O)cc1)C(=O)O)C(=O)O)CC(=O)[C@@H](C)CSSC[C@H](C)C(=O)S. The Morgan fingerprint density at radius 3 is 1.16 bits per heavy atom. The van der Waals surface area contributed by atoms with Gasteiger partial charge in [0.2, 0.25) is 29.5 Å². The van der Waals surface area contributed by atoms with Gasteiger partial charge < -0.3 is 105 Å². The van der Waals surface area contributed by atoms with Gasteiger partial charge in [0.05, 0.1) is 108 Å². The van der Waals surface area contributed by atoms with E-state index in [1.807, 2.05) is 0 Å². The van der Waals surface area contributed by atoms with Crippen LogP contribution in [0.3, 0.4) is 0 Å². The number of benzene rings is 2. The molecule has 838 valence electrons. The van der Waals surface area contributed by atoms with Gasteiger partial charge in [-0.15, -0.1) is 12.6 Å². The van der Waals surface area contributed by atoms with Gasteiger partial charge in [-0.25, -0.2) is 14.4 Å². The molecule has 12 N–H and O–H groups in total. The maximum Gasteiger partial charge on any atom is 0.335 e. The first-order valence-electron chi connectivity index (χ1n) is 51.6. The number of nitrogens with two attached hydrogens (primary N) is 1. The molecule has 0 radical (unpaired) electrons. The molecule has 0 aromatic heterocycles. The number of hydrogen-bond donors (Lipinski definition) is 12. The molecule has 9 atom stereocenters. The van der Waals surface area contributed by atoms with Crippen LogP contribution in [0.2, 0.25) is 0 Å². The minimum absolute atomic E-state index is 0.0156. The van der Waals surface area contributed by atoms with Crippen molar-refractivity contribution in [2.75, 3.05) is 168 Å². The number of ketones is 6. The number of carboxylic acid groups (broad SMARTS) is 5. The van der Waals surface area contributed by atoms with Gasteiger partial charge in [0.15, 0.2) is 16.4 Å². The van der Waals surface area contributed by atoms with E-state index in [9.17, 15) is 102 Å². The number of unbranched alkanes of at least 4 members (excludes halogenated alkanes) is 16. The zero-order chi connectivity index (χ0) is 109. The lowest BCUT2D eigenvalue weighted by atomic mass is 9.92. The highest BCUT2D eigenvalue weighted by Gasteiger charge is 2.36. The lowest BCUT2D eigenvalue weighted by molar-refractivity contribution is -0.144. The van der Waals surface area contributed by atoms with Crippen LogP contribution in [0.1, 0.15) is 273 Å². The minimum Gasteiger partial charge on any atom is -0.494 e. The number of thiol groups is 1. The first kappa shape index (κ1) is 136. The van der Waals surface area contributed by atoms with Crippen LogP contribution >= 0.6 is 63.9 Å². The van der Waals surface area contributed by atoms with Crippen LogP contribution in [0, 0.1) is 35.5 Å². The predicted molar refractivity (Wildman–Crippen MR) is 570 cm³/mol. The lowest BCUT2D eigenvalue weighted by Gasteiger charge is -2.25. The number of nitrogens with one attached hydrogen (secondary N) is 5. The normalized spacial score (nSPS) is 13.1. The fourth-order valence-electron chi connectivity index (χ4n) is 14.4. The van der Waals surface area contributed by atoms with Gasteiger partial charge in [-0.1, -0.05) is 154 Å². The van der Waals surface area contributed by atoms with Crippen LogP contribution in [-0.2, 0) is 115 Å². The van der Waals surface area contributed by atoms with Gasteiger partial charge in [-0.2, -0.15) is 0 Å². The summed E-state index contributed by atoms with van der Waals surface area (Å²) in [7, 11) is 3.36. The number of carboxylic acids is 5. The molecule has 0 saturated heterocycles. The van der Waals surface area contributed by atoms with Crippen molar-refractivity contribution in [2.45, 2.75) is 264 Å². The Morgan fingerprint density at radius 1 is 0.331 bits per heavy atom. The highest BCUT2D eigenvalue weighted by Crippen LogP contribution is 2.43. The molecule has 0 aliphatic carbocycles. The van der Waals surface area contributed by atoms with Gasteiger partial charge in [-0.05, 0) is 133 Å². The molecule has 0 bridgehead atoms. The van der Waals surface area contributed by atoms with Crippen molar-refractivity contribution >= 4 is 169 Å². The Balaban J connectivity index is 1.56. The summed E-state index contributed by atoms with van der Waals surface area (Å²) in [5.41, 5.74) is 5.88. The molecule has 0 spiro atoms. The molecule has 0 aliphatic rings. The number of carbonyl (C=O) groups is 18. The van der Waals surface area contributed by atoms with E-state index in [4.69, 9.17) is 63.1 Å². The van der Waals surface area contributed by atoms with Gasteiger partial charge in [-0.3, -0.25) is 71.9 Å². The average molecular weight is 2200 g/mol. The maximum atomic E-state index is 14.4. The molecule has 0 fully saturated rings. The molecule has 2 aromatic rings. The molecule has 5 amide bonds. The first-order valence-corrected chi connectivity index (χ1v) is 58.5. The average Bonchev–Trinajstić information content (AvgIpc) is 0.845. The predicted octanol–water partition coefficient (Wildman–Crippen LogP) is 13.2. The molecule has 39 nitrogen and oxygen atoms in total. The Morgan fingerprint density at radius 2 is 0.709 bits per heavy atom. The van der Waals surface area contributed by atoms with Gasteiger partial charge in [0.25, 0.3) is 0 Å². The monoisotopic (exact) mass is 2200 g/mol. The second-order valence-corrected chi connectivity index (χ2v) is 43.7. The number of rotatable bonds is 103. The van der Waals surface area contributed by atoms with Crippen LogP contribution in [0.25, 0.3) is 0 Å². The molecular weight excluding hydrogens is 2040 g/mol. The Hall–Kier alpha value is -8.08. The molecule has 0 saturated carbocycles. The number of aromatic carboxylic acids is 2. The molecular formula is C103H163N6O33PS5. The van der Waals surface area contributed by atoms with Gasteiger partial charge in [0.1, 0.15) is 72.9 Å². The number of carbonyl (C=O) groups excluding carboxylic acids is 13. The number of hydrogen-bond acceptors (Lipinski definition) is 33. The van der Waals surface area contributed by atoms with Crippen LogP contribution in [0.5, 0.6) is 11.5 Å². The number of aliphatic carboxylic acids is 3. The third-order valence-electron chi connectivity index (χ3n) is 23.4. The first-order chi connectivity index (χ1) is 71.1. The highest BCUT2D eigenvalue weighted by atomic mass is 33.1. The smallest absolute Gasteiger partial charge is 0.335 e. The zero-order valence-corrected chi connectivity index (χ0v) is 91.7. The third kappa shape index (κ3) is 73.2. The van der Waals surface area contributed by atoms with Crippen LogP contribution in [0.4, 0.5) is 0 Å². The van der Waals surface area contributed by atoms with Crippen molar-refractivity contribution < 1.29 is 159 Å². The molecule has 0 heterocycles. The quantitative estimate of drug-likeness (QED) is 0.0127. The van der Waals surface area contributed by atoms with Crippen LogP contribution in [-0.4, -0.2) is 310 Å². The zero-order valence-electron chi connectivity index (χ0n) is 86.6. The van der Waals surface area contributed by atoms with Crippen molar-refractivity contribution in [1.82, 2.24) is 26.6 Å². The fourth-order valence-corrected chi connectivity index (χ4v) is 21.9. The summed E-state index contributed by atoms with van der Waals surface area (Å²) >= 11 is 3.90. The third-order valence-corrected chi connectivity index (χ3v) is 31.5. The topological polar surface area (TPSA) is 587 Å². The van der Waals surface area contributed by atoms with Crippen molar-refractivity contribution in [3.8, 4) is 11.5 Å². The van der Waals surface area contributed by atoms with E-state index in [2.05, 4.69) is 39.2 Å². The van der Waals surface area contributed by atoms with E-state index in [-0.39, 0.29) is 301 Å². The van der Waals surface area contributed by atoms with E-state index in [1.165, 1.54) is 74.4 Å². The molecule has 2 aromatic carbocycles. The molecule has 148 heavy (non-hydrogen) atoms. The van der Waals surface area contributed by atoms with Crippen molar-refractivity contribution in [3.05, 3.63) is 59.7 Å². The van der Waals surface area contributed by atoms with Crippen LogP contribution < -0.4 is 41.6 Å². The number of Topliss-reactive ketones (excluding diaryl/α,β-unsaturated/α-hetero) is 6. The molecule has 0 aliphatic heterocycles. The maximum absolute atomic E-state index is 14.4. The largest absolute Gasteiger partial charge is 0.494 e. The highest BCUT2D eigenvalue weighted by molar-refractivity contribution is 8.77. The molecule has 2 rings (SSSR count). The molecule has 45 heteroatoms. The van der Waals surface area contributed by atoms with Crippen molar-refractivity contribution in [3.63, 3.8) is 0 Å². The summed E-state index contributed by atoms with van der Waals surface area (Å²) in [5, 5.41) is 60.6. The minimum atomic E-state index is -2.08. The van der Waals surface area contributed by atoms with Crippen molar-refractivity contribution in [1.29, 1.82) is 0 Å². The van der Waals surface area contributed by atoms with E-state index in [0.717, 1.165) is 89.9 Å². The Labute approximate surface area is 893 Å². The van der Waals surface area contributed by atoms with E-state index < -0.39 is 90.6 Å².